The molecule has 0 N–H and O–H groups in total. The molecule has 0 heterocycles. The highest BCUT2D eigenvalue weighted by Crippen LogP contribution is 2.52. The van der Waals surface area contributed by atoms with Crippen LogP contribution in [0, 0.1) is 0 Å². The van der Waals surface area contributed by atoms with Crippen molar-refractivity contribution in [3.05, 3.63) is 167 Å². The Morgan fingerprint density at radius 3 is 1.68 bits per heavy atom. The predicted octanol–water partition coefficient (Wildman–Crippen LogP) is 9.75. The SMILES string of the molecule is c1ccc(-c2cc(-c3ccccc3)cc(C3c4ccccc4-c4cc5c(cc43)Cc3ccccc3-5)c2)cc1. The zero-order valence-electron chi connectivity index (χ0n) is 21.1. The third-order valence-electron chi connectivity index (χ3n) is 8.34. The molecule has 1 atom stereocenters. The fourth-order valence-electron chi connectivity index (χ4n) is 6.61. The van der Waals surface area contributed by atoms with E-state index in [0.717, 1.165) is 6.42 Å². The summed E-state index contributed by atoms with van der Waals surface area (Å²) in [5.41, 5.74) is 17.7. The quantitative estimate of drug-likeness (QED) is 0.235. The summed E-state index contributed by atoms with van der Waals surface area (Å²) in [5, 5.41) is 0. The first-order valence-electron chi connectivity index (χ1n) is 13.4. The minimum atomic E-state index is 0.210. The first-order chi connectivity index (χ1) is 18.8. The summed E-state index contributed by atoms with van der Waals surface area (Å²) in [6, 6.07) is 51.6. The molecule has 0 radical (unpaired) electrons. The standard InChI is InChI=1S/C38H26/c1-3-11-25(12-4-1)28-20-29(26-13-5-2-6-14-26)22-31(21-28)38-34-18-10-9-17-33(34)36-24-35-30(23-37(36)38)19-27-15-7-8-16-32(27)35/h1-18,20-24,38H,19H2. The Bertz CT molecular complexity index is 1770. The predicted molar refractivity (Wildman–Crippen MR) is 158 cm³/mol. The molecule has 0 nitrogen and oxygen atoms in total. The zero-order valence-corrected chi connectivity index (χ0v) is 21.1. The summed E-state index contributed by atoms with van der Waals surface area (Å²) in [5.74, 6) is 0.210. The van der Waals surface area contributed by atoms with Crippen molar-refractivity contribution in [3.8, 4) is 44.5 Å². The van der Waals surface area contributed by atoms with Crippen LogP contribution in [0.5, 0.6) is 0 Å². The van der Waals surface area contributed by atoms with Crippen LogP contribution in [0.15, 0.2) is 140 Å². The molecule has 0 aromatic heterocycles. The van der Waals surface area contributed by atoms with Crippen molar-refractivity contribution in [2.45, 2.75) is 12.3 Å². The molecule has 178 valence electrons. The summed E-state index contributed by atoms with van der Waals surface area (Å²) in [7, 11) is 0. The molecule has 8 rings (SSSR count). The first-order valence-corrected chi connectivity index (χ1v) is 13.4. The second kappa shape index (κ2) is 8.43. The molecule has 0 spiro atoms. The summed E-state index contributed by atoms with van der Waals surface area (Å²) >= 11 is 0. The van der Waals surface area contributed by atoms with Crippen LogP contribution < -0.4 is 0 Å². The topological polar surface area (TPSA) is 0 Å². The van der Waals surface area contributed by atoms with E-state index >= 15 is 0 Å². The molecule has 0 aliphatic heterocycles. The van der Waals surface area contributed by atoms with Gasteiger partial charge in [0.15, 0.2) is 0 Å². The molecular weight excluding hydrogens is 456 g/mol. The maximum atomic E-state index is 2.51. The monoisotopic (exact) mass is 482 g/mol. The number of hydrogen-bond donors (Lipinski definition) is 0. The Labute approximate surface area is 223 Å². The van der Waals surface area contributed by atoms with Gasteiger partial charge in [-0.25, -0.2) is 0 Å². The van der Waals surface area contributed by atoms with Crippen LogP contribution in [-0.4, -0.2) is 0 Å². The van der Waals surface area contributed by atoms with E-state index in [1.807, 2.05) is 0 Å². The largest absolute Gasteiger partial charge is 0.0622 e. The van der Waals surface area contributed by atoms with E-state index in [-0.39, 0.29) is 5.92 Å². The minimum absolute atomic E-state index is 0.210. The lowest BCUT2D eigenvalue weighted by Crippen LogP contribution is -2.01. The molecule has 0 fully saturated rings. The molecule has 6 aromatic carbocycles. The van der Waals surface area contributed by atoms with Crippen molar-refractivity contribution in [1.82, 2.24) is 0 Å². The summed E-state index contributed by atoms with van der Waals surface area (Å²) in [4.78, 5) is 0. The van der Waals surface area contributed by atoms with E-state index in [9.17, 15) is 0 Å². The fraction of sp³-hybridized carbons (Fsp3) is 0.0526. The molecule has 0 saturated carbocycles. The highest BCUT2D eigenvalue weighted by molar-refractivity contribution is 5.89. The fourth-order valence-corrected chi connectivity index (χ4v) is 6.61. The number of benzene rings is 6. The molecule has 2 aliphatic carbocycles. The molecule has 0 heteroatoms. The zero-order chi connectivity index (χ0) is 25.1. The van der Waals surface area contributed by atoms with Crippen LogP contribution in [-0.2, 0) is 6.42 Å². The summed E-state index contributed by atoms with van der Waals surface area (Å²) in [6.45, 7) is 0. The molecule has 0 saturated heterocycles. The highest BCUT2D eigenvalue weighted by atomic mass is 14.4. The van der Waals surface area contributed by atoms with Crippen molar-refractivity contribution in [2.75, 3.05) is 0 Å². The van der Waals surface area contributed by atoms with Gasteiger partial charge in [0.25, 0.3) is 0 Å². The molecule has 2 aliphatic rings. The van der Waals surface area contributed by atoms with E-state index in [1.165, 1.54) is 72.3 Å². The van der Waals surface area contributed by atoms with Crippen LogP contribution in [0.2, 0.25) is 0 Å². The van der Waals surface area contributed by atoms with E-state index in [2.05, 4.69) is 140 Å². The second-order valence-corrected chi connectivity index (χ2v) is 10.5. The third kappa shape index (κ3) is 3.31. The second-order valence-electron chi connectivity index (χ2n) is 10.5. The van der Waals surface area contributed by atoms with Crippen LogP contribution >= 0.6 is 0 Å². The highest BCUT2D eigenvalue weighted by Gasteiger charge is 2.33. The van der Waals surface area contributed by atoms with Crippen molar-refractivity contribution < 1.29 is 0 Å². The van der Waals surface area contributed by atoms with E-state index in [1.54, 1.807) is 0 Å². The van der Waals surface area contributed by atoms with Gasteiger partial charge in [-0.1, -0.05) is 127 Å². The lowest BCUT2D eigenvalue weighted by atomic mass is 9.84. The Morgan fingerprint density at radius 2 is 0.974 bits per heavy atom. The number of rotatable bonds is 3. The molecule has 38 heavy (non-hydrogen) atoms. The average Bonchev–Trinajstić information content (AvgIpc) is 3.51. The maximum absolute atomic E-state index is 2.51. The van der Waals surface area contributed by atoms with E-state index in [0.29, 0.717) is 0 Å². The van der Waals surface area contributed by atoms with Gasteiger partial charge in [0, 0.05) is 5.92 Å². The molecule has 1 unspecified atom stereocenters. The Morgan fingerprint density at radius 1 is 0.368 bits per heavy atom. The first kappa shape index (κ1) is 21.4. The molecular formula is C38H26. The number of fused-ring (bicyclic) bond motifs is 6. The summed E-state index contributed by atoms with van der Waals surface area (Å²) < 4.78 is 0. The van der Waals surface area contributed by atoms with Gasteiger partial charge in [0.2, 0.25) is 0 Å². The van der Waals surface area contributed by atoms with Gasteiger partial charge in [-0.05, 0) is 90.9 Å². The van der Waals surface area contributed by atoms with Crippen molar-refractivity contribution in [1.29, 1.82) is 0 Å². The van der Waals surface area contributed by atoms with Crippen LogP contribution in [0.25, 0.3) is 44.5 Å². The van der Waals surface area contributed by atoms with Crippen molar-refractivity contribution >= 4 is 0 Å². The van der Waals surface area contributed by atoms with Gasteiger partial charge in [-0.15, -0.1) is 0 Å². The van der Waals surface area contributed by atoms with Crippen LogP contribution in [0.3, 0.4) is 0 Å². The van der Waals surface area contributed by atoms with Gasteiger partial charge in [0.1, 0.15) is 0 Å². The van der Waals surface area contributed by atoms with E-state index < -0.39 is 0 Å². The van der Waals surface area contributed by atoms with Crippen LogP contribution in [0.4, 0.5) is 0 Å². The molecule has 6 aromatic rings. The Hall–Kier alpha value is -4.68. The number of hydrogen-bond acceptors (Lipinski definition) is 0. The molecule has 0 amide bonds. The van der Waals surface area contributed by atoms with Crippen molar-refractivity contribution in [3.63, 3.8) is 0 Å². The van der Waals surface area contributed by atoms with Gasteiger partial charge in [-0.3, -0.25) is 0 Å². The van der Waals surface area contributed by atoms with E-state index in [4.69, 9.17) is 0 Å². The lowest BCUT2D eigenvalue weighted by molar-refractivity contribution is 1.01. The average molecular weight is 483 g/mol. The Kier molecular flexibility index (Phi) is 4.75. The van der Waals surface area contributed by atoms with Crippen LogP contribution in [0.1, 0.15) is 33.7 Å². The molecule has 0 bridgehead atoms. The van der Waals surface area contributed by atoms with Gasteiger partial charge >= 0.3 is 0 Å². The third-order valence-corrected chi connectivity index (χ3v) is 8.34. The maximum Gasteiger partial charge on any atom is 0.0352 e. The van der Waals surface area contributed by atoms with Crippen molar-refractivity contribution in [2.24, 2.45) is 0 Å². The lowest BCUT2D eigenvalue weighted by Gasteiger charge is -2.19. The normalized spacial score (nSPS) is 14.5. The summed E-state index contributed by atoms with van der Waals surface area (Å²) in [6.07, 6.45) is 1.02. The Balaban J connectivity index is 1.36. The van der Waals surface area contributed by atoms with Gasteiger partial charge < -0.3 is 0 Å². The van der Waals surface area contributed by atoms with Gasteiger partial charge in [0.05, 0.1) is 0 Å². The minimum Gasteiger partial charge on any atom is -0.0622 e. The smallest absolute Gasteiger partial charge is 0.0352 e. The van der Waals surface area contributed by atoms with Gasteiger partial charge in [-0.2, -0.15) is 0 Å².